The van der Waals surface area contributed by atoms with Gasteiger partial charge in [-0.15, -0.1) is 0 Å². The molecule has 0 amide bonds. The molecule has 2 saturated heterocycles. The van der Waals surface area contributed by atoms with Crippen molar-refractivity contribution in [3.63, 3.8) is 0 Å². The van der Waals surface area contributed by atoms with E-state index in [1.807, 2.05) is 26.0 Å². The minimum Gasteiger partial charge on any atom is -0.362 e. The Kier molecular flexibility index (Phi) is 7.48. The second kappa shape index (κ2) is 10.1. The van der Waals surface area contributed by atoms with E-state index >= 15 is 0 Å². The van der Waals surface area contributed by atoms with Crippen LogP contribution in [0, 0.1) is 18.8 Å². The van der Waals surface area contributed by atoms with E-state index < -0.39 is 0 Å². The summed E-state index contributed by atoms with van der Waals surface area (Å²) in [6.07, 6.45) is 5.04. The first-order valence-corrected chi connectivity index (χ1v) is 12.3. The highest BCUT2D eigenvalue weighted by molar-refractivity contribution is 6.35. The third kappa shape index (κ3) is 5.39. The van der Waals surface area contributed by atoms with E-state index in [4.69, 9.17) is 44.8 Å². The molecule has 0 aliphatic carbocycles. The molecule has 1 aromatic heterocycles. The van der Waals surface area contributed by atoms with Gasteiger partial charge in [0.2, 0.25) is 5.95 Å². The zero-order chi connectivity index (χ0) is 22.0. The van der Waals surface area contributed by atoms with Crippen LogP contribution in [0.1, 0.15) is 49.9 Å². The minimum atomic E-state index is -0.0750. The molecule has 1 aromatic carbocycles. The van der Waals surface area contributed by atoms with Gasteiger partial charge in [-0.25, -0.2) is 4.98 Å². The van der Waals surface area contributed by atoms with Gasteiger partial charge in [-0.2, -0.15) is 4.98 Å². The molecule has 0 radical (unpaired) electrons. The van der Waals surface area contributed by atoms with Crippen molar-refractivity contribution < 1.29 is 0 Å². The molecule has 2 N–H and O–H groups in total. The molecule has 0 spiro atoms. The lowest BCUT2D eigenvalue weighted by Crippen LogP contribution is -2.41. The quantitative estimate of drug-likeness (QED) is 0.536. The minimum absolute atomic E-state index is 0.0750. The summed E-state index contributed by atoms with van der Waals surface area (Å²) in [7, 11) is 0. The van der Waals surface area contributed by atoms with Crippen molar-refractivity contribution in [1.82, 2.24) is 15.3 Å². The molecular formula is C23H30Cl3N5. The van der Waals surface area contributed by atoms with Crippen molar-refractivity contribution in [2.45, 2.75) is 45.6 Å². The Hall–Kier alpha value is -1.27. The first-order valence-electron chi connectivity index (χ1n) is 11.1. The highest BCUT2D eigenvalue weighted by Crippen LogP contribution is 2.34. The lowest BCUT2D eigenvalue weighted by molar-refractivity contribution is 0.226. The standard InChI is InChI=1S/C23H30Cl3N5/c1-14(19-6-5-18(24)12-20(19)25)28-22-21(26)15(2)29-23(30-22)31-10-7-16(8-11-31)17-4-3-9-27-13-17/h5-6,12,14,16-17,27H,3-4,7-11,13H2,1-2H3,(H,28,29,30)/t14?,17-/m1/s1. The van der Waals surface area contributed by atoms with E-state index in [-0.39, 0.29) is 6.04 Å². The van der Waals surface area contributed by atoms with Crippen LogP contribution < -0.4 is 15.5 Å². The molecule has 1 unspecified atom stereocenters. The van der Waals surface area contributed by atoms with Crippen LogP contribution in [0.2, 0.25) is 15.1 Å². The number of benzene rings is 1. The summed E-state index contributed by atoms with van der Waals surface area (Å²) in [5.41, 5.74) is 1.73. The smallest absolute Gasteiger partial charge is 0.227 e. The number of hydrogen-bond acceptors (Lipinski definition) is 5. The molecule has 31 heavy (non-hydrogen) atoms. The highest BCUT2D eigenvalue weighted by Gasteiger charge is 2.29. The summed E-state index contributed by atoms with van der Waals surface area (Å²) in [5.74, 6) is 2.99. The van der Waals surface area contributed by atoms with Crippen molar-refractivity contribution in [3.8, 4) is 0 Å². The third-order valence-electron chi connectivity index (χ3n) is 6.61. The number of rotatable bonds is 5. The molecule has 8 heteroatoms. The van der Waals surface area contributed by atoms with Crippen LogP contribution in [0.3, 0.4) is 0 Å². The SMILES string of the molecule is Cc1nc(N2CCC([C@@H]3CCCNC3)CC2)nc(NC(C)c2ccc(Cl)cc2Cl)c1Cl. The van der Waals surface area contributed by atoms with Crippen molar-refractivity contribution in [2.75, 3.05) is 36.4 Å². The maximum absolute atomic E-state index is 6.56. The second-order valence-electron chi connectivity index (χ2n) is 8.73. The van der Waals surface area contributed by atoms with Gasteiger partial charge in [0.1, 0.15) is 5.02 Å². The van der Waals surface area contributed by atoms with Crippen molar-refractivity contribution >= 4 is 46.6 Å². The van der Waals surface area contributed by atoms with Crippen molar-refractivity contribution in [1.29, 1.82) is 0 Å². The Morgan fingerprint density at radius 1 is 1.10 bits per heavy atom. The van der Waals surface area contributed by atoms with Crippen LogP contribution in [0.25, 0.3) is 0 Å². The molecule has 2 aliphatic rings. The highest BCUT2D eigenvalue weighted by atomic mass is 35.5. The molecule has 2 fully saturated rings. The van der Waals surface area contributed by atoms with Crippen molar-refractivity contribution in [3.05, 3.63) is 44.5 Å². The number of nitrogens with zero attached hydrogens (tertiary/aromatic N) is 3. The van der Waals surface area contributed by atoms with Crippen molar-refractivity contribution in [2.24, 2.45) is 11.8 Å². The Bertz CT molecular complexity index is 908. The molecule has 5 nitrogen and oxygen atoms in total. The summed E-state index contributed by atoms with van der Waals surface area (Å²) in [6.45, 7) is 8.27. The molecule has 0 bridgehead atoms. The first kappa shape index (κ1) is 22.9. The van der Waals surface area contributed by atoms with Gasteiger partial charge in [0.15, 0.2) is 5.82 Å². The predicted molar refractivity (Wildman–Crippen MR) is 131 cm³/mol. The third-order valence-corrected chi connectivity index (χ3v) is 7.63. The fraction of sp³-hybridized carbons (Fsp3) is 0.565. The number of nitrogens with one attached hydrogen (secondary N) is 2. The zero-order valence-electron chi connectivity index (χ0n) is 18.1. The van der Waals surface area contributed by atoms with Gasteiger partial charge in [-0.1, -0.05) is 40.9 Å². The monoisotopic (exact) mass is 481 g/mol. The Balaban J connectivity index is 1.46. The van der Waals surface area contributed by atoms with E-state index in [9.17, 15) is 0 Å². The topological polar surface area (TPSA) is 53.1 Å². The van der Waals surface area contributed by atoms with Gasteiger partial charge >= 0.3 is 0 Å². The average molecular weight is 483 g/mol. The Morgan fingerprint density at radius 2 is 1.87 bits per heavy atom. The largest absolute Gasteiger partial charge is 0.362 e. The normalized spacial score (nSPS) is 21.2. The summed E-state index contributed by atoms with van der Waals surface area (Å²) >= 11 is 19.0. The number of piperidine rings is 2. The second-order valence-corrected chi connectivity index (χ2v) is 9.96. The van der Waals surface area contributed by atoms with Gasteiger partial charge < -0.3 is 15.5 Å². The average Bonchev–Trinajstić information content (AvgIpc) is 2.77. The Labute approximate surface area is 199 Å². The van der Waals surface area contributed by atoms with E-state index in [0.29, 0.717) is 20.9 Å². The number of halogens is 3. The molecule has 2 atom stereocenters. The molecule has 168 valence electrons. The number of anilines is 2. The van der Waals surface area contributed by atoms with Crippen LogP contribution in [-0.2, 0) is 0 Å². The zero-order valence-corrected chi connectivity index (χ0v) is 20.4. The van der Waals surface area contributed by atoms with Gasteiger partial charge in [0.25, 0.3) is 0 Å². The van der Waals surface area contributed by atoms with Gasteiger partial charge in [-0.3, -0.25) is 0 Å². The molecule has 2 aromatic rings. The molecule has 4 rings (SSSR count). The molecule has 0 saturated carbocycles. The summed E-state index contributed by atoms with van der Waals surface area (Å²) < 4.78 is 0. The van der Waals surface area contributed by atoms with Crippen LogP contribution >= 0.6 is 34.8 Å². The first-order chi connectivity index (χ1) is 14.9. The fourth-order valence-electron chi connectivity index (χ4n) is 4.77. The van der Waals surface area contributed by atoms with Crippen LogP contribution in [0.15, 0.2) is 18.2 Å². The summed E-state index contributed by atoms with van der Waals surface area (Å²) in [6, 6.07) is 5.44. The Morgan fingerprint density at radius 3 is 2.55 bits per heavy atom. The van der Waals surface area contributed by atoms with E-state index in [0.717, 1.165) is 42.1 Å². The number of hydrogen-bond donors (Lipinski definition) is 2. The number of aryl methyl sites for hydroxylation is 1. The summed E-state index contributed by atoms with van der Waals surface area (Å²) in [5, 5.41) is 8.76. The lowest BCUT2D eigenvalue weighted by atomic mass is 9.80. The van der Waals surface area contributed by atoms with E-state index in [1.165, 1.54) is 38.8 Å². The molecule has 2 aliphatic heterocycles. The fourth-order valence-corrected chi connectivity index (χ4v) is 5.48. The number of aromatic nitrogens is 2. The summed E-state index contributed by atoms with van der Waals surface area (Å²) in [4.78, 5) is 11.8. The maximum atomic E-state index is 6.56. The van der Waals surface area contributed by atoms with Crippen LogP contribution in [0.5, 0.6) is 0 Å². The predicted octanol–water partition coefficient (Wildman–Crippen LogP) is 6.13. The maximum Gasteiger partial charge on any atom is 0.227 e. The molecular weight excluding hydrogens is 453 g/mol. The van der Waals surface area contributed by atoms with Crippen LogP contribution in [-0.4, -0.2) is 36.1 Å². The van der Waals surface area contributed by atoms with E-state index in [2.05, 4.69) is 15.5 Å². The van der Waals surface area contributed by atoms with Gasteiger partial charge in [-0.05, 0) is 82.2 Å². The van der Waals surface area contributed by atoms with Gasteiger partial charge in [0, 0.05) is 23.1 Å². The van der Waals surface area contributed by atoms with Gasteiger partial charge in [0.05, 0.1) is 11.7 Å². The van der Waals surface area contributed by atoms with Crippen LogP contribution in [0.4, 0.5) is 11.8 Å². The molecule has 3 heterocycles. The lowest BCUT2D eigenvalue weighted by Gasteiger charge is -2.38. The van der Waals surface area contributed by atoms with E-state index in [1.54, 1.807) is 6.07 Å².